The summed E-state index contributed by atoms with van der Waals surface area (Å²) in [5.41, 5.74) is 2.06. The number of aryl methyl sites for hydroxylation is 1. The van der Waals surface area contributed by atoms with Gasteiger partial charge in [-0.05, 0) is 43.5 Å². The number of hydrogen-bond acceptors (Lipinski definition) is 6. The lowest BCUT2D eigenvalue weighted by atomic mass is 10.1. The number of thiophene rings is 1. The van der Waals surface area contributed by atoms with E-state index in [9.17, 15) is 4.79 Å². The van der Waals surface area contributed by atoms with Crippen LogP contribution < -0.4 is 0 Å². The van der Waals surface area contributed by atoms with Crippen LogP contribution in [0.2, 0.25) is 0 Å². The van der Waals surface area contributed by atoms with Crippen molar-refractivity contribution < 1.29 is 13.7 Å². The van der Waals surface area contributed by atoms with Crippen molar-refractivity contribution in [2.75, 3.05) is 6.54 Å². The zero-order valence-corrected chi connectivity index (χ0v) is 15.2. The number of fused-ring (bicyclic) bond motifs is 1. The maximum absolute atomic E-state index is 13.3. The fourth-order valence-electron chi connectivity index (χ4n) is 2.90. The van der Waals surface area contributed by atoms with E-state index in [0.29, 0.717) is 46.9 Å². The van der Waals surface area contributed by atoms with Gasteiger partial charge in [0.1, 0.15) is 5.69 Å². The molecule has 4 rings (SSSR count). The lowest BCUT2D eigenvalue weighted by molar-refractivity contribution is 0.0756. The van der Waals surface area contributed by atoms with Crippen LogP contribution in [-0.4, -0.2) is 27.5 Å². The molecule has 0 aliphatic rings. The monoisotopic (exact) mass is 367 g/mol. The minimum atomic E-state index is -0.0765. The summed E-state index contributed by atoms with van der Waals surface area (Å²) in [6, 6.07) is 9.35. The summed E-state index contributed by atoms with van der Waals surface area (Å²) >= 11 is 1.64. The second-order valence-corrected chi connectivity index (χ2v) is 6.91. The average Bonchev–Trinajstić information content (AvgIpc) is 3.41. The van der Waals surface area contributed by atoms with Crippen molar-refractivity contribution in [3.63, 3.8) is 0 Å². The topological polar surface area (TPSA) is 72.4 Å². The maximum Gasteiger partial charge on any atom is 0.259 e. The zero-order valence-electron chi connectivity index (χ0n) is 14.4. The molecule has 132 valence electrons. The minimum Gasteiger partial charge on any atom is -0.463 e. The third-order valence-corrected chi connectivity index (χ3v) is 5.08. The summed E-state index contributed by atoms with van der Waals surface area (Å²) in [5.74, 6) is 0.503. The van der Waals surface area contributed by atoms with Crippen molar-refractivity contribution in [3.8, 4) is 11.5 Å². The Morgan fingerprint density at radius 3 is 2.88 bits per heavy atom. The third-order valence-electron chi connectivity index (χ3n) is 4.22. The van der Waals surface area contributed by atoms with Gasteiger partial charge in [0, 0.05) is 11.4 Å². The summed E-state index contributed by atoms with van der Waals surface area (Å²) in [7, 11) is 0. The van der Waals surface area contributed by atoms with E-state index in [4.69, 9.17) is 8.94 Å². The van der Waals surface area contributed by atoms with Crippen LogP contribution in [0.25, 0.3) is 22.6 Å². The van der Waals surface area contributed by atoms with Gasteiger partial charge in [0.05, 0.1) is 29.5 Å². The van der Waals surface area contributed by atoms with Crippen molar-refractivity contribution in [1.82, 2.24) is 15.0 Å². The van der Waals surface area contributed by atoms with E-state index in [1.807, 2.05) is 31.4 Å². The summed E-state index contributed by atoms with van der Waals surface area (Å²) in [6.07, 6.45) is 1.57. The first-order valence-corrected chi connectivity index (χ1v) is 9.18. The number of pyridine rings is 1. The van der Waals surface area contributed by atoms with E-state index in [1.54, 1.807) is 40.7 Å². The molecule has 7 heteroatoms. The SMILES string of the molecule is CCN(Cc1cccs1)C(=O)c1cc(-c2ccco2)nc2onc(C)c12. The van der Waals surface area contributed by atoms with Gasteiger partial charge < -0.3 is 13.8 Å². The van der Waals surface area contributed by atoms with Crippen molar-refractivity contribution in [2.45, 2.75) is 20.4 Å². The lowest BCUT2D eigenvalue weighted by Gasteiger charge is -2.20. The van der Waals surface area contributed by atoms with Gasteiger partial charge in [-0.15, -0.1) is 11.3 Å². The Bertz CT molecular complexity index is 1040. The molecule has 0 bridgehead atoms. The van der Waals surface area contributed by atoms with Crippen molar-refractivity contribution in [3.05, 3.63) is 58.1 Å². The molecular formula is C19H17N3O3S. The smallest absolute Gasteiger partial charge is 0.259 e. The van der Waals surface area contributed by atoms with E-state index in [0.717, 1.165) is 4.88 Å². The first-order valence-electron chi connectivity index (χ1n) is 8.30. The molecular weight excluding hydrogens is 350 g/mol. The Kier molecular flexibility index (Phi) is 4.30. The van der Waals surface area contributed by atoms with Gasteiger partial charge >= 0.3 is 0 Å². The summed E-state index contributed by atoms with van der Waals surface area (Å²) < 4.78 is 10.8. The molecule has 26 heavy (non-hydrogen) atoms. The first kappa shape index (κ1) is 16.5. The van der Waals surface area contributed by atoms with Crippen LogP contribution in [0, 0.1) is 6.92 Å². The van der Waals surface area contributed by atoms with Crippen LogP contribution in [0.4, 0.5) is 0 Å². The van der Waals surface area contributed by atoms with E-state index < -0.39 is 0 Å². The van der Waals surface area contributed by atoms with Gasteiger partial charge in [-0.2, -0.15) is 0 Å². The van der Waals surface area contributed by atoms with Gasteiger partial charge in [0.25, 0.3) is 11.6 Å². The average molecular weight is 367 g/mol. The predicted molar refractivity (Wildman–Crippen MR) is 99.0 cm³/mol. The quantitative estimate of drug-likeness (QED) is 0.519. The van der Waals surface area contributed by atoms with Crippen molar-refractivity contribution in [2.24, 2.45) is 0 Å². The lowest BCUT2D eigenvalue weighted by Crippen LogP contribution is -2.30. The Hall–Kier alpha value is -2.93. The first-order chi connectivity index (χ1) is 12.7. The number of carbonyl (C=O) groups is 1. The van der Waals surface area contributed by atoms with Gasteiger partial charge in [-0.3, -0.25) is 4.79 Å². The third kappa shape index (κ3) is 2.90. The maximum atomic E-state index is 13.3. The van der Waals surface area contributed by atoms with Crippen LogP contribution in [0.15, 0.2) is 50.9 Å². The van der Waals surface area contributed by atoms with E-state index in [1.165, 1.54) is 0 Å². The Balaban J connectivity index is 1.80. The second kappa shape index (κ2) is 6.76. The van der Waals surface area contributed by atoms with Crippen LogP contribution in [0.1, 0.15) is 27.9 Å². The number of rotatable bonds is 5. The molecule has 0 spiro atoms. The highest BCUT2D eigenvalue weighted by molar-refractivity contribution is 7.09. The molecule has 0 aliphatic heterocycles. The Morgan fingerprint density at radius 2 is 2.19 bits per heavy atom. The number of furan rings is 1. The largest absolute Gasteiger partial charge is 0.463 e. The molecule has 0 unspecified atom stereocenters. The standard InChI is InChI=1S/C19H17N3O3S/c1-3-22(11-13-6-5-9-26-13)19(23)14-10-15(16-7-4-8-24-16)20-18-17(14)12(2)21-25-18/h4-10H,3,11H2,1-2H3. The van der Waals surface area contributed by atoms with E-state index in [2.05, 4.69) is 10.1 Å². The Labute approximate surface area is 154 Å². The normalized spacial score (nSPS) is 11.2. The Morgan fingerprint density at radius 1 is 1.31 bits per heavy atom. The summed E-state index contributed by atoms with van der Waals surface area (Å²) in [5, 5.41) is 6.64. The number of carbonyl (C=O) groups excluding carboxylic acids is 1. The minimum absolute atomic E-state index is 0.0765. The zero-order chi connectivity index (χ0) is 18.1. The molecule has 4 aromatic heterocycles. The van der Waals surface area contributed by atoms with E-state index >= 15 is 0 Å². The molecule has 0 aliphatic carbocycles. The van der Waals surface area contributed by atoms with Crippen molar-refractivity contribution >= 4 is 28.3 Å². The predicted octanol–water partition coefficient (Wildman–Crippen LogP) is 4.52. The fourth-order valence-corrected chi connectivity index (χ4v) is 3.62. The number of aromatic nitrogens is 2. The highest BCUT2D eigenvalue weighted by Crippen LogP contribution is 2.28. The molecule has 0 atom stereocenters. The highest BCUT2D eigenvalue weighted by atomic mass is 32.1. The molecule has 4 aromatic rings. The molecule has 1 amide bonds. The molecule has 0 saturated heterocycles. The molecule has 0 N–H and O–H groups in total. The van der Waals surface area contributed by atoms with Gasteiger partial charge in [-0.25, -0.2) is 4.98 Å². The fraction of sp³-hybridized carbons (Fsp3) is 0.211. The molecule has 4 heterocycles. The number of amides is 1. The van der Waals surface area contributed by atoms with Gasteiger partial charge in [0.2, 0.25) is 0 Å². The van der Waals surface area contributed by atoms with Crippen molar-refractivity contribution in [1.29, 1.82) is 0 Å². The molecule has 0 aromatic carbocycles. The van der Waals surface area contributed by atoms with Crippen LogP contribution in [-0.2, 0) is 6.54 Å². The second-order valence-electron chi connectivity index (χ2n) is 5.88. The van der Waals surface area contributed by atoms with Crippen LogP contribution >= 0.6 is 11.3 Å². The highest BCUT2D eigenvalue weighted by Gasteiger charge is 2.23. The summed E-state index contributed by atoms with van der Waals surface area (Å²) in [4.78, 5) is 20.7. The molecule has 0 saturated carbocycles. The van der Waals surface area contributed by atoms with E-state index in [-0.39, 0.29) is 5.91 Å². The van der Waals surface area contributed by atoms with Gasteiger partial charge in [0.15, 0.2) is 5.76 Å². The molecule has 0 fully saturated rings. The molecule has 6 nitrogen and oxygen atoms in total. The summed E-state index contributed by atoms with van der Waals surface area (Å²) in [6.45, 7) is 4.95. The van der Waals surface area contributed by atoms with Crippen LogP contribution in [0.5, 0.6) is 0 Å². The molecule has 0 radical (unpaired) electrons. The van der Waals surface area contributed by atoms with Crippen LogP contribution in [0.3, 0.4) is 0 Å². The number of hydrogen-bond donors (Lipinski definition) is 0. The number of nitrogens with zero attached hydrogens (tertiary/aromatic N) is 3. The van der Waals surface area contributed by atoms with Gasteiger partial charge in [-0.1, -0.05) is 11.2 Å².